The fourth-order valence-electron chi connectivity index (χ4n) is 7.78. The minimum Gasteiger partial charge on any atom is -0.440 e. The molecule has 1 aromatic heterocycles. The molecule has 3 aliphatic carbocycles. The molecule has 4 atom stereocenters. The topological polar surface area (TPSA) is 76.1 Å². The largest absolute Gasteiger partial charge is 0.440 e. The van der Waals surface area contributed by atoms with Gasteiger partial charge >= 0.3 is 6.09 Å². The molecular weight excluding hydrogens is 558 g/mol. The van der Waals surface area contributed by atoms with E-state index >= 15 is 0 Å². The minimum atomic E-state index is -0.618. The van der Waals surface area contributed by atoms with Crippen molar-refractivity contribution in [1.29, 1.82) is 0 Å². The van der Waals surface area contributed by atoms with E-state index in [-0.39, 0.29) is 23.2 Å². The maximum absolute atomic E-state index is 14.4. The lowest BCUT2D eigenvalue weighted by molar-refractivity contribution is -0.0373. The van der Waals surface area contributed by atoms with Gasteiger partial charge in [0.15, 0.2) is 0 Å². The normalized spacial score (nSPS) is 27.8. The van der Waals surface area contributed by atoms with Crippen LogP contribution in [0.2, 0.25) is 0 Å². The Morgan fingerprint density at radius 2 is 2.00 bits per heavy atom. The van der Waals surface area contributed by atoms with Crippen LogP contribution in [0, 0.1) is 5.41 Å². The summed E-state index contributed by atoms with van der Waals surface area (Å²) in [5.74, 6) is 0.0754. The van der Waals surface area contributed by atoms with Crippen LogP contribution in [0.5, 0.6) is 0 Å². The number of thiophene rings is 1. The van der Waals surface area contributed by atoms with Gasteiger partial charge in [-0.3, -0.25) is 4.79 Å². The molecule has 4 aliphatic rings. The molecule has 1 saturated heterocycles. The van der Waals surface area contributed by atoms with Crippen molar-refractivity contribution < 1.29 is 24.2 Å². The number of carbonyl (C=O) groups is 2. The van der Waals surface area contributed by atoms with Crippen molar-refractivity contribution in [3.63, 3.8) is 0 Å². The zero-order valence-corrected chi connectivity index (χ0v) is 26.4. The molecule has 2 fully saturated rings. The van der Waals surface area contributed by atoms with Crippen LogP contribution in [0.1, 0.15) is 91.1 Å². The molecule has 43 heavy (non-hydrogen) atoms. The molecule has 6 nitrogen and oxygen atoms in total. The Morgan fingerprint density at radius 3 is 2.81 bits per heavy atom. The predicted octanol–water partition coefficient (Wildman–Crippen LogP) is 7.67. The number of ketones is 1. The summed E-state index contributed by atoms with van der Waals surface area (Å²) in [5.41, 5.74) is 3.03. The van der Waals surface area contributed by atoms with E-state index in [9.17, 15) is 14.7 Å². The van der Waals surface area contributed by atoms with Crippen LogP contribution in [0.4, 0.5) is 4.79 Å². The molecule has 2 heterocycles. The van der Waals surface area contributed by atoms with E-state index in [2.05, 4.69) is 44.2 Å². The van der Waals surface area contributed by atoms with Gasteiger partial charge in [-0.05, 0) is 98.9 Å². The lowest BCUT2D eigenvalue weighted by Crippen LogP contribution is -2.48. The van der Waals surface area contributed by atoms with E-state index in [1.807, 2.05) is 29.2 Å². The van der Waals surface area contributed by atoms with E-state index in [4.69, 9.17) is 9.47 Å². The van der Waals surface area contributed by atoms with Crippen LogP contribution in [-0.4, -0.2) is 60.4 Å². The van der Waals surface area contributed by atoms with Crippen molar-refractivity contribution in [3.8, 4) is 0 Å². The second-order valence-corrected chi connectivity index (χ2v) is 14.1. The highest BCUT2D eigenvalue weighted by Crippen LogP contribution is 2.61. The van der Waals surface area contributed by atoms with Crippen molar-refractivity contribution in [3.05, 3.63) is 81.7 Å². The molecule has 7 rings (SSSR count). The van der Waals surface area contributed by atoms with Crippen LogP contribution >= 0.6 is 11.3 Å². The standard InChI is InChI=1S/C36H43NO5S/c1-24-8-6-16-35(2)30(15-17-36(35)23-37(34(40)42-36)18-7-19-41-3)28-14-12-25(20-27(38)13-11-24)21-29(28)33(39)32-22-26-9-4-5-10-31(26)43-32/h4-5,8-10,12,14,21-22,27,30,38H,6-7,11,13,15-20,23H2,1-3H3/t27-,30-,35-,36+/m0/s1. The Labute approximate surface area is 258 Å². The van der Waals surface area contributed by atoms with E-state index in [1.54, 1.807) is 7.11 Å². The van der Waals surface area contributed by atoms with Gasteiger partial charge in [-0.15, -0.1) is 11.3 Å². The minimum absolute atomic E-state index is 0.0308. The van der Waals surface area contributed by atoms with E-state index in [1.165, 1.54) is 16.9 Å². The highest BCUT2D eigenvalue weighted by Gasteiger charge is 2.63. The van der Waals surface area contributed by atoms with Crippen molar-refractivity contribution in [2.24, 2.45) is 5.41 Å². The molecule has 2 aromatic carbocycles. The Morgan fingerprint density at radius 1 is 1.16 bits per heavy atom. The van der Waals surface area contributed by atoms with E-state index < -0.39 is 11.7 Å². The number of nitrogens with zero attached hydrogens (tertiary/aromatic N) is 1. The van der Waals surface area contributed by atoms with Crippen LogP contribution < -0.4 is 0 Å². The lowest BCUT2D eigenvalue weighted by Gasteiger charge is -2.43. The second-order valence-electron chi connectivity index (χ2n) is 13.0. The number of fused-ring (bicyclic) bond motifs is 9. The van der Waals surface area contributed by atoms with Gasteiger partial charge in [-0.25, -0.2) is 4.79 Å². The van der Waals surface area contributed by atoms with Gasteiger partial charge < -0.3 is 19.5 Å². The molecule has 1 N–H and O–H groups in total. The zero-order valence-electron chi connectivity index (χ0n) is 25.6. The van der Waals surface area contributed by atoms with Gasteiger partial charge in [0.05, 0.1) is 17.5 Å². The number of aliphatic hydroxyl groups excluding tert-OH is 1. The molecule has 3 aromatic rings. The molecule has 7 heteroatoms. The number of methoxy groups -OCH3 is 1. The van der Waals surface area contributed by atoms with Crippen LogP contribution in [0.3, 0.4) is 0 Å². The van der Waals surface area contributed by atoms with Crippen molar-refractivity contribution in [2.75, 3.05) is 26.8 Å². The number of carbonyl (C=O) groups excluding carboxylic acids is 2. The maximum atomic E-state index is 14.4. The number of aliphatic hydroxyl groups is 1. The SMILES string of the molecule is COCCCN1C[C@@]2(CC[C@H]3c4ccc(cc4C(=O)c4cc5ccccc5s4)C[C@@H](O)CCC(C)=CCC[C@@]32C)OC1=O. The average molecular weight is 602 g/mol. The Hall–Kier alpha value is -3.00. The molecule has 0 unspecified atom stereocenters. The predicted molar refractivity (Wildman–Crippen MR) is 171 cm³/mol. The summed E-state index contributed by atoms with van der Waals surface area (Å²) in [4.78, 5) is 30.2. The number of amides is 1. The van der Waals surface area contributed by atoms with E-state index in [0.29, 0.717) is 32.5 Å². The summed E-state index contributed by atoms with van der Waals surface area (Å²) in [5, 5.41) is 12.0. The Bertz CT molecular complexity index is 1510. The van der Waals surface area contributed by atoms with Crippen molar-refractivity contribution >= 4 is 33.3 Å². The smallest absolute Gasteiger partial charge is 0.410 e. The highest BCUT2D eigenvalue weighted by atomic mass is 32.1. The number of rotatable bonds is 6. The fraction of sp³-hybridized carbons (Fsp3) is 0.500. The number of ether oxygens (including phenoxy) is 2. The summed E-state index contributed by atoms with van der Waals surface area (Å²) in [6.07, 6.45) is 7.69. The van der Waals surface area contributed by atoms with Gasteiger partial charge in [-0.2, -0.15) is 0 Å². The zero-order chi connectivity index (χ0) is 30.2. The van der Waals surface area contributed by atoms with Crippen LogP contribution in [-0.2, 0) is 15.9 Å². The van der Waals surface area contributed by atoms with Crippen LogP contribution in [0.25, 0.3) is 10.1 Å². The van der Waals surface area contributed by atoms with Gasteiger partial charge in [-0.1, -0.05) is 48.9 Å². The first kappa shape index (κ1) is 30.0. The molecule has 1 amide bonds. The van der Waals surface area contributed by atoms with Crippen LogP contribution in [0.15, 0.2) is 60.2 Å². The molecule has 0 radical (unpaired) electrons. The molecule has 1 aliphatic heterocycles. The van der Waals surface area contributed by atoms with Crippen molar-refractivity contribution in [2.45, 2.75) is 82.8 Å². The first-order valence-corrected chi connectivity index (χ1v) is 16.5. The number of hydrogen-bond acceptors (Lipinski definition) is 6. The monoisotopic (exact) mass is 601 g/mol. The summed E-state index contributed by atoms with van der Waals surface area (Å²) in [6.45, 7) is 6.21. The second kappa shape index (κ2) is 12.2. The summed E-state index contributed by atoms with van der Waals surface area (Å²) < 4.78 is 12.8. The average Bonchev–Trinajstić information content (AvgIpc) is 3.65. The molecular formula is C36H43NO5S. The number of benzene rings is 2. The summed E-state index contributed by atoms with van der Waals surface area (Å²) >= 11 is 1.53. The maximum Gasteiger partial charge on any atom is 0.410 e. The molecule has 1 spiro atoms. The van der Waals surface area contributed by atoms with Crippen molar-refractivity contribution in [1.82, 2.24) is 4.90 Å². The van der Waals surface area contributed by atoms with Gasteiger partial charge in [0.2, 0.25) is 5.78 Å². The fourth-order valence-corrected chi connectivity index (χ4v) is 8.80. The Kier molecular flexibility index (Phi) is 8.51. The van der Waals surface area contributed by atoms with E-state index in [0.717, 1.165) is 70.2 Å². The number of allylic oxidation sites excluding steroid dienone is 2. The first-order chi connectivity index (χ1) is 20.7. The quantitative estimate of drug-likeness (QED) is 0.178. The summed E-state index contributed by atoms with van der Waals surface area (Å²) in [7, 11) is 1.68. The van der Waals surface area contributed by atoms with Gasteiger partial charge in [0.25, 0.3) is 0 Å². The molecule has 2 bridgehead atoms. The third kappa shape index (κ3) is 5.67. The van der Waals surface area contributed by atoms with Gasteiger partial charge in [0, 0.05) is 35.9 Å². The Balaban J connectivity index is 1.43. The first-order valence-electron chi connectivity index (χ1n) is 15.7. The third-order valence-corrected chi connectivity index (χ3v) is 11.4. The highest BCUT2D eigenvalue weighted by molar-refractivity contribution is 7.21. The third-order valence-electron chi connectivity index (χ3n) is 10.3. The molecule has 1 saturated carbocycles. The molecule has 228 valence electrons. The number of hydrogen-bond donors (Lipinski definition) is 1. The lowest BCUT2D eigenvalue weighted by atomic mass is 9.65. The van der Waals surface area contributed by atoms with Gasteiger partial charge in [0.1, 0.15) is 5.60 Å². The summed E-state index contributed by atoms with van der Waals surface area (Å²) in [6, 6.07) is 16.4.